The van der Waals surface area contributed by atoms with Gasteiger partial charge in [0.15, 0.2) is 0 Å². The topological polar surface area (TPSA) is 24.1 Å². The van der Waals surface area contributed by atoms with Crippen LogP contribution in [0, 0.1) is 11.8 Å². The molecule has 0 aromatic rings. The standard InChI is InChI=1S/C10H18N2S/c1-2-9-8(4-5-11-9)10-7(1)3-6-12-13-10/h7-12H,1-6H2. The first kappa shape index (κ1) is 8.57. The van der Waals surface area contributed by atoms with Crippen LogP contribution in [0.3, 0.4) is 0 Å². The van der Waals surface area contributed by atoms with Crippen molar-refractivity contribution in [1.29, 1.82) is 0 Å². The predicted molar refractivity (Wildman–Crippen MR) is 56.6 cm³/mol. The molecule has 1 saturated carbocycles. The van der Waals surface area contributed by atoms with E-state index in [0.29, 0.717) is 0 Å². The third kappa shape index (κ3) is 1.41. The zero-order chi connectivity index (χ0) is 8.67. The van der Waals surface area contributed by atoms with Crippen molar-refractivity contribution in [3.63, 3.8) is 0 Å². The lowest BCUT2D eigenvalue weighted by atomic mass is 9.76. The molecule has 3 fully saturated rings. The number of hydrogen-bond acceptors (Lipinski definition) is 3. The molecule has 2 nitrogen and oxygen atoms in total. The van der Waals surface area contributed by atoms with Gasteiger partial charge in [-0.05, 0) is 44.1 Å². The molecule has 2 N–H and O–H groups in total. The quantitative estimate of drug-likeness (QED) is 0.575. The molecule has 0 amide bonds. The Labute approximate surface area is 84.4 Å². The van der Waals surface area contributed by atoms with E-state index in [1.807, 2.05) is 11.9 Å². The molecular weight excluding hydrogens is 180 g/mol. The second kappa shape index (κ2) is 3.44. The molecule has 4 atom stereocenters. The fourth-order valence-corrected chi connectivity index (χ4v) is 4.69. The van der Waals surface area contributed by atoms with E-state index in [0.717, 1.165) is 23.1 Å². The van der Waals surface area contributed by atoms with Crippen LogP contribution in [0.15, 0.2) is 0 Å². The molecule has 0 bridgehead atoms. The minimum Gasteiger partial charge on any atom is -0.314 e. The lowest BCUT2D eigenvalue weighted by Crippen LogP contribution is -2.45. The van der Waals surface area contributed by atoms with E-state index in [1.54, 1.807) is 0 Å². The molecule has 2 saturated heterocycles. The third-order valence-corrected chi connectivity index (χ3v) is 5.35. The van der Waals surface area contributed by atoms with Crippen molar-refractivity contribution in [1.82, 2.24) is 10.0 Å². The van der Waals surface area contributed by atoms with Crippen LogP contribution < -0.4 is 10.0 Å². The van der Waals surface area contributed by atoms with E-state index in [1.165, 1.54) is 38.8 Å². The van der Waals surface area contributed by atoms with Crippen LogP contribution in [0.5, 0.6) is 0 Å². The molecule has 0 radical (unpaired) electrons. The highest BCUT2D eigenvalue weighted by Gasteiger charge is 2.42. The molecule has 2 aliphatic heterocycles. The highest BCUT2D eigenvalue weighted by molar-refractivity contribution is 7.98. The maximum absolute atomic E-state index is 3.65. The van der Waals surface area contributed by atoms with E-state index in [-0.39, 0.29) is 0 Å². The van der Waals surface area contributed by atoms with Crippen LogP contribution in [0.1, 0.15) is 25.7 Å². The van der Waals surface area contributed by atoms with Crippen LogP contribution in [0.2, 0.25) is 0 Å². The van der Waals surface area contributed by atoms with Gasteiger partial charge in [-0.15, -0.1) is 0 Å². The van der Waals surface area contributed by atoms with E-state index in [9.17, 15) is 0 Å². The summed E-state index contributed by atoms with van der Waals surface area (Å²) >= 11 is 2.03. The van der Waals surface area contributed by atoms with E-state index >= 15 is 0 Å². The number of fused-ring (bicyclic) bond motifs is 3. The summed E-state index contributed by atoms with van der Waals surface area (Å²) in [5.74, 6) is 1.99. The Morgan fingerprint density at radius 2 is 2.00 bits per heavy atom. The predicted octanol–water partition coefficient (Wildman–Crippen LogP) is 1.38. The van der Waals surface area contributed by atoms with Gasteiger partial charge in [0.25, 0.3) is 0 Å². The van der Waals surface area contributed by atoms with Gasteiger partial charge >= 0.3 is 0 Å². The van der Waals surface area contributed by atoms with Crippen molar-refractivity contribution in [3.8, 4) is 0 Å². The second-order valence-electron chi connectivity index (χ2n) is 4.62. The number of nitrogens with one attached hydrogen (secondary N) is 2. The first-order valence-electron chi connectivity index (χ1n) is 5.57. The van der Waals surface area contributed by atoms with Crippen LogP contribution in [0.4, 0.5) is 0 Å². The molecule has 4 unspecified atom stereocenters. The maximum atomic E-state index is 3.65. The lowest BCUT2D eigenvalue weighted by Gasteiger charge is -2.42. The fraction of sp³-hybridized carbons (Fsp3) is 1.00. The third-order valence-electron chi connectivity index (χ3n) is 3.97. The fourth-order valence-electron chi connectivity index (χ4n) is 3.30. The summed E-state index contributed by atoms with van der Waals surface area (Å²) in [7, 11) is 0. The summed E-state index contributed by atoms with van der Waals surface area (Å²) in [5.41, 5.74) is 0. The summed E-state index contributed by atoms with van der Waals surface area (Å²) in [6, 6.07) is 0.855. The Hall–Kier alpha value is 0.270. The highest BCUT2D eigenvalue weighted by atomic mass is 32.2. The molecule has 13 heavy (non-hydrogen) atoms. The molecule has 1 aliphatic carbocycles. The molecule has 0 spiro atoms. The average molecular weight is 198 g/mol. The molecule has 3 heteroatoms. The summed E-state index contributed by atoms with van der Waals surface area (Å²) in [4.78, 5) is 0. The lowest BCUT2D eigenvalue weighted by molar-refractivity contribution is 0.240. The van der Waals surface area contributed by atoms with Crippen LogP contribution in [-0.4, -0.2) is 24.4 Å². The Balaban J connectivity index is 1.77. The van der Waals surface area contributed by atoms with Crippen molar-refractivity contribution in [2.24, 2.45) is 11.8 Å². The van der Waals surface area contributed by atoms with Crippen LogP contribution >= 0.6 is 11.9 Å². The van der Waals surface area contributed by atoms with Gasteiger partial charge in [-0.1, -0.05) is 11.9 Å². The first-order chi connectivity index (χ1) is 6.45. The maximum Gasteiger partial charge on any atom is 0.0265 e. The van der Waals surface area contributed by atoms with Gasteiger partial charge in [0.1, 0.15) is 0 Å². The van der Waals surface area contributed by atoms with Crippen LogP contribution in [0.25, 0.3) is 0 Å². The first-order valence-corrected chi connectivity index (χ1v) is 6.45. The molecule has 3 aliphatic rings. The minimum atomic E-state index is 0.855. The Kier molecular flexibility index (Phi) is 2.27. The van der Waals surface area contributed by atoms with E-state index < -0.39 is 0 Å². The van der Waals surface area contributed by atoms with Crippen LogP contribution in [-0.2, 0) is 0 Å². The molecular formula is C10H18N2S. The largest absolute Gasteiger partial charge is 0.314 e. The van der Waals surface area contributed by atoms with E-state index in [2.05, 4.69) is 10.0 Å². The van der Waals surface area contributed by atoms with Gasteiger partial charge in [-0.2, -0.15) is 0 Å². The van der Waals surface area contributed by atoms with Gasteiger partial charge in [0.05, 0.1) is 0 Å². The van der Waals surface area contributed by atoms with Crippen molar-refractivity contribution < 1.29 is 0 Å². The zero-order valence-corrected chi connectivity index (χ0v) is 8.78. The Bertz CT molecular complexity index is 197. The average Bonchev–Trinajstić information content (AvgIpc) is 2.65. The van der Waals surface area contributed by atoms with Gasteiger partial charge in [-0.3, -0.25) is 4.72 Å². The van der Waals surface area contributed by atoms with Crippen molar-refractivity contribution in [2.45, 2.75) is 37.0 Å². The molecule has 74 valence electrons. The Morgan fingerprint density at radius 3 is 3.00 bits per heavy atom. The normalized spacial score (nSPS) is 49.8. The minimum absolute atomic E-state index is 0.855. The van der Waals surface area contributed by atoms with Gasteiger partial charge < -0.3 is 5.32 Å². The SMILES string of the molecule is C1CC2CCC3NCCC3C2SN1. The van der Waals surface area contributed by atoms with E-state index in [4.69, 9.17) is 0 Å². The monoisotopic (exact) mass is 198 g/mol. The summed E-state index contributed by atoms with van der Waals surface area (Å²) in [5, 5.41) is 4.57. The number of hydrogen-bond donors (Lipinski definition) is 2. The smallest absolute Gasteiger partial charge is 0.0265 e. The van der Waals surface area contributed by atoms with Gasteiger partial charge in [-0.25, -0.2) is 0 Å². The van der Waals surface area contributed by atoms with Gasteiger partial charge in [0.2, 0.25) is 0 Å². The zero-order valence-electron chi connectivity index (χ0n) is 7.96. The summed E-state index contributed by atoms with van der Waals surface area (Å²) in [6.07, 6.45) is 5.74. The summed E-state index contributed by atoms with van der Waals surface area (Å²) in [6.45, 7) is 2.50. The number of rotatable bonds is 0. The second-order valence-corrected chi connectivity index (χ2v) is 5.68. The van der Waals surface area contributed by atoms with Crippen molar-refractivity contribution in [2.75, 3.05) is 13.1 Å². The summed E-state index contributed by atoms with van der Waals surface area (Å²) < 4.78 is 3.49. The molecule has 2 heterocycles. The van der Waals surface area contributed by atoms with Gasteiger partial charge in [0, 0.05) is 17.8 Å². The highest BCUT2D eigenvalue weighted by Crippen LogP contribution is 2.43. The molecule has 3 rings (SSSR count). The Morgan fingerprint density at radius 1 is 1.00 bits per heavy atom. The van der Waals surface area contributed by atoms with Crippen molar-refractivity contribution >= 4 is 11.9 Å². The molecule has 0 aromatic carbocycles. The van der Waals surface area contributed by atoms with Crippen molar-refractivity contribution in [3.05, 3.63) is 0 Å². The molecule has 0 aromatic heterocycles.